The van der Waals surface area contributed by atoms with Crippen LogP contribution in [0.3, 0.4) is 0 Å². The van der Waals surface area contributed by atoms with Crippen LogP contribution in [0.15, 0.2) is 0 Å². The minimum absolute atomic E-state index is 0.00786. The Morgan fingerprint density at radius 2 is 1.19 bits per heavy atom. The lowest BCUT2D eigenvalue weighted by molar-refractivity contribution is -0.144. The number of rotatable bonds is 12. The van der Waals surface area contributed by atoms with Gasteiger partial charge < -0.3 is 20.0 Å². The third-order valence-corrected chi connectivity index (χ3v) is 4.76. The fraction of sp³-hybridized carbons (Fsp3) is 0.900. The summed E-state index contributed by atoms with van der Waals surface area (Å²) in [6.45, 7) is 16.1. The van der Waals surface area contributed by atoms with Gasteiger partial charge in [0.1, 0.15) is 0 Å². The highest BCUT2D eigenvalue weighted by molar-refractivity contribution is 5.78. The molecule has 0 fully saturated rings. The van der Waals surface area contributed by atoms with Crippen molar-refractivity contribution < 1.29 is 19.8 Å². The van der Waals surface area contributed by atoms with Crippen LogP contribution in [0.4, 0.5) is 0 Å². The highest BCUT2D eigenvalue weighted by Gasteiger charge is 2.36. The van der Waals surface area contributed by atoms with Gasteiger partial charge in [0.25, 0.3) is 0 Å². The van der Waals surface area contributed by atoms with E-state index in [2.05, 4.69) is 0 Å². The van der Waals surface area contributed by atoms with E-state index in [0.29, 0.717) is 45.6 Å². The Kier molecular flexibility index (Phi) is 11.1. The molecule has 0 aliphatic carbocycles. The molecule has 0 aromatic rings. The predicted molar refractivity (Wildman–Crippen MR) is 108 cm³/mol. The first-order valence-corrected chi connectivity index (χ1v) is 9.99. The van der Waals surface area contributed by atoms with Crippen LogP contribution in [0.2, 0.25) is 0 Å². The summed E-state index contributed by atoms with van der Waals surface area (Å²) >= 11 is 0. The summed E-state index contributed by atoms with van der Waals surface area (Å²) in [5.74, 6) is 0.104. The molecule has 0 bridgehead atoms. The van der Waals surface area contributed by atoms with E-state index in [1.165, 1.54) is 0 Å². The number of hydrogen-bond acceptors (Lipinski definition) is 5. The summed E-state index contributed by atoms with van der Waals surface area (Å²) in [7, 11) is 0. The maximum absolute atomic E-state index is 12.7. The maximum atomic E-state index is 12.7. The Balaban J connectivity index is 5.44. The molecule has 0 aliphatic heterocycles. The third-order valence-electron chi connectivity index (χ3n) is 4.76. The Hall–Kier alpha value is -1.18. The van der Waals surface area contributed by atoms with E-state index < -0.39 is 5.54 Å². The average Bonchev–Trinajstić information content (AvgIpc) is 2.58. The number of hydrogen-bond donors (Lipinski definition) is 2. The van der Waals surface area contributed by atoms with Crippen LogP contribution in [-0.2, 0) is 9.59 Å². The molecule has 0 aliphatic rings. The third kappa shape index (κ3) is 8.58. The molecule has 0 saturated heterocycles. The molecule has 0 unspecified atom stereocenters. The lowest BCUT2D eigenvalue weighted by Crippen LogP contribution is -2.60. The Bertz CT molecular complexity index is 455. The van der Waals surface area contributed by atoms with Gasteiger partial charge in [-0.2, -0.15) is 0 Å². The highest BCUT2D eigenvalue weighted by Crippen LogP contribution is 2.23. The average molecular weight is 388 g/mol. The highest BCUT2D eigenvalue weighted by atomic mass is 16.3. The van der Waals surface area contributed by atoms with Gasteiger partial charge in [-0.1, -0.05) is 13.8 Å². The van der Waals surface area contributed by atoms with Crippen LogP contribution in [0.5, 0.6) is 0 Å². The first kappa shape index (κ1) is 25.8. The van der Waals surface area contributed by atoms with E-state index in [-0.39, 0.29) is 30.6 Å². The molecule has 0 aromatic carbocycles. The zero-order chi connectivity index (χ0) is 21.3. The van der Waals surface area contributed by atoms with E-state index in [9.17, 15) is 19.8 Å². The molecular weight excluding hydrogens is 346 g/mol. The van der Waals surface area contributed by atoms with Crippen molar-refractivity contribution >= 4 is 11.8 Å². The second-order valence-corrected chi connectivity index (χ2v) is 8.50. The van der Waals surface area contributed by atoms with Gasteiger partial charge in [0.2, 0.25) is 11.8 Å². The van der Waals surface area contributed by atoms with E-state index in [0.717, 1.165) is 0 Å². The van der Waals surface area contributed by atoms with Crippen LogP contribution in [-0.4, -0.2) is 93.7 Å². The summed E-state index contributed by atoms with van der Waals surface area (Å²) in [4.78, 5) is 30.8. The summed E-state index contributed by atoms with van der Waals surface area (Å²) in [5.41, 5.74) is -0.861. The van der Waals surface area contributed by atoms with Crippen molar-refractivity contribution in [3.63, 3.8) is 0 Å². The predicted octanol–water partition coefficient (Wildman–Crippen LogP) is 1.33. The van der Waals surface area contributed by atoms with E-state index in [4.69, 9.17) is 0 Å². The molecule has 0 spiro atoms. The summed E-state index contributed by atoms with van der Waals surface area (Å²) in [6.07, 6.45) is 0.816. The van der Waals surface area contributed by atoms with E-state index >= 15 is 0 Å². The molecule has 7 nitrogen and oxygen atoms in total. The fourth-order valence-corrected chi connectivity index (χ4v) is 3.18. The number of aliphatic hydroxyl groups excluding tert-OH is 2. The number of aliphatic hydroxyl groups is 2. The number of nitrogens with zero attached hydrogens (tertiary/aromatic N) is 3. The van der Waals surface area contributed by atoms with Gasteiger partial charge >= 0.3 is 0 Å². The number of carbonyl (C=O) groups is 2. The van der Waals surface area contributed by atoms with Crippen LogP contribution in [0, 0.1) is 0 Å². The molecule has 2 N–H and O–H groups in total. The molecule has 0 radical (unpaired) electrons. The monoisotopic (exact) mass is 387 g/mol. The second kappa shape index (κ2) is 11.6. The molecule has 2 amide bonds. The van der Waals surface area contributed by atoms with Gasteiger partial charge in [-0.05, 0) is 34.6 Å². The Morgan fingerprint density at radius 1 is 0.741 bits per heavy atom. The summed E-state index contributed by atoms with van der Waals surface area (Å²) in [6, 6.07) is 0. The normalized spacial score (nSPS) is 12.4. The van der Waals surface area contributed by atoms with E-state index in [1.807, 2.05) is 63.2 Å². The van der Waals surface area contributed by atoms with Crippen LogP contribution >= 0.6 is 0 Å². The van der Waals surface area contributed by atoms with E-state index in [1.54, 1.807) is 0 Å². The van der Waals surface area contributed by atoms with Gasteiger partial charge in [0.05, 0.1) is 18.8 Å². The van der Waals surface area contributed by atoms with Crippen LogP contribution < -0.4 is 0 Å². The maximum Gasteiger partial charge on any atom is 0.222 e. The van der Waals surface area contributed by atoms with Crippen molar-refractivity contribution in [2.75, 3.05) is 45.9 Å². The van der Waals surface area contributed by atoms with Crippen molar-refractivity contribution in [2.45, 2.75) is 72.4 Å². The smallest absolute Gasteiger partial charge is 0.222 e. The fourth-order valence-electron chi connectivity index (χ4n) is 3.18. The summed E-state index contributed by atoms with van der Waals surface area (Å²) < 4.78 is 0. The molecule has 7 heteroatoms. The van der Waals surface area contributed by atoms with Gasteiger partial charge in [-0.25, -0.2) is 0 Å². The van der Waals surface area contributed by atoms with Crippen molar-refractivity contribution in [3.8, 4) is 0 Å². The zero-order valence-electron chi connectivity index (χ0n) is 18.4. The molecule has 0 heterocycles. The molecule has 0 rings (SSSR count). The molecule has 0 aromatic heterocycles. The number of carbonyl (C=O) groups excluding carboxylic acids is 2. The Morgan fingerprint density at radius 3 is 1.56 bits per heavy atom. The molecule has 160 valence electrons. The van der Waals surface area contributed by atoms with Gasteiger partial charge in [0.15, 0.2) is 0 Å². The SMILES string of the molecule is CCC(=O)N(CC(C)(C)N(CCN(CCO)CCO)C(=O)CC)C(C)(C)C. The quantitative estimate of drug-likeness (QED) is 0.528. The lowest BCUT2D eigenvalue weighted by Gasteiger charge is -2.46. The first-order chi connectivity index (χ1) is 12.4. The standard InChI is InChI=1S/C20H41N3O4/c1-8-17(26)22(11-10-21(12-14-24)13-15-25)20(6,7)16-23(18(27)9-2)19(3,4)5/h24-25H,8-16H2,1-7H3. The van der Waals surface area contributed by atoms with Crippen molar-refractivity contribution in [1.82, 2.24) is 14.7 Å². The van der Waals surface area contributed by atoms with Crippen molar-refractivity contribution in [2.24, 2.45) is 0 Å². The lowest BCUT2D eigenvalue weighted by atomic mass is 9.96. The largest absolute Gasteiger partial charge is 0.395 e. The minimum Gasteiger partial charge on any atom is -0.395 e. The first-order valence-electron chi connectivity index (χ1n) is 9.99. The van der Waals surface area contributed by atoms with Crippen LogP contribution in [0.25, 0.3) is 0 Å². The van der Waals surface area contributed by atoms with Crippen molar-refractivity contribution in [1.29, 1.82) is 0 Å². The van der Waals surface area contributed by atoms with Gasteiger partial charge in [-0.15, -0.1) is 0 Å². The van der Waals surface area contributed by atoms with Gasteiger partial charge in [0, 0.05) is 51.1 Å². The molecule has 0 saturated carbocycles. The molecule has 27 heavy (non-hydrogen) atoms. The number of amides is 2. The Labute approximate surface area is 165 Å². The van der Waals surface area contributed by atoms with Gasteiger partial charge in [-0.3, -0.25) is 14.5 Å². The zero-order valence-corrected chi connectivity index (χ0v) is 18.4. The minimum atomic E-state index is -0.532. The summed E-state index contributed by atoms with van der Waals surface area (Å²) in [5, 5.41) is 18.4. The van der Waals surface area contributed by atoms with Crippen molar-refractivity contribution in [3.05, 3.63) is 0 Å². The molecular formula is C20H41N3O4. The van der Waals surface area contributed by atoms with Crippen LogP contribution in [0.1, 0.15) is 61.3 Å². The topological polar surface area (TPSA) is 84.3 Å². The molecule has 0 atom stereocenters. The second-order valence-electron chi connectivity index (χ2n) is 8.50.